The van der Waals surface area contributed by atoms with Crippen LogP contribution in [0.15, 0.2) is 217 Å². The molecule has 0 saturated carbocycles. The van der Waals surface area contributed by atoms with Gasteiger partial charge in [-0.05, 0) is 93.5 Å². The normalized spacial score (nSPS) is 11.5. The first-order chi connectivity index (χ1) is 28.3. The largest absolute Gasteiger partial charge is 0.455 e. The molecule has 0 unspecified atom stereocenters. The Kier molecular flexibility index (Phi) is 8.04. The van der Waals surface area contributed by atoms with Crippen molar-refractivity contribution in [1.82, 2.24) is 0 Å². The van der Waals surface area contributed by atoms with E-state index in [1.807, 2.05) is 11.3 Å². The average Bonchev–Trinajstić information content (AvgIpc) is 3.87. The van der Waals surface area contributed by atoms with E-state index in [4.69, 9.17) is 4.42 Å². The molecule has 0 saturated heterocycles. The first-order valence-electron chi connectivity index (χ1n) is 19.3. The predicted molar refractivity (Wildman–Crippen MR) is 243 cm³/mol. The van der Waals surface area contributed by atoms with Crippen LogP contribution in [0.3, 0.4) is 0 Å². The first kappa shape index (κ1) is 33.2. The smallest absolute Gasteiger partial charge is 0.145 e. The first-order valence-corrected chi connectivity index (χ1v) is 20.1. The number of fused-ring (bicyclic) bond motifs is 6. The van der Waals surface area contributed by atoms with Crippen molar-refractivity contribution in [3.63, 3.8) is 0 Å². The van der Waals surface area contributed by atoms with Gasteiger partial charge in [-0.25, -0.2) is 0 Å². The molecule has 0 aliphatic carbocycles. The van der Waals surface area contributed by atoms with Crippen molar-refractivity contribution >= 4 is 70.5 Å². The summed E-state index contributed by atoms with van der Waals surface area (Å²) in [5.41, 5.74) is 14.3. The molecule has 0 bridgehead atoms. The Labute approximate surface area is 335 Å². The number of nitrogens with zero attached hydrogens (tertiary/aromatic N) is 1. The summed E-state index contributed by atoms with van der Waals surface area (Å²) >= 11 is 1.85. The minimum Gasteiger partial charge on any atom is -0.455 e. The summed E-state index contributed by atoms with van der Waals surface area (Å²) in [6.45, 7) is 0. The van der Waals surface area contributed by atoms with Gasteiger partial charge in [-0.2, -0.15) is 0 Å². The van der Waals surface area contributed by atoms with E-state index >= 15 is 0 Å². The van der Waals surface area contributed by atoms with Gasteiger partial charge in [0.2, 0.25) is 0 Å². The van der Waals surface area contributed by atoms with Crippen LogP contribution in [0.2, 0.25) is 0 Å². The van der Waals surface area contributed by atoms with E-state index in [2.05, 4.69) is 217 Å². The van der Waals surface area contributed by atoms with E-state index in [0.717, 1.165) is 61.3 Å². The Balaban J connectivity index is 1.24. The van der Waals surface area contributed by atoms with E-state index < -0.39 is 0 Å². The van der Waals surface area contributed by atoms with Crippen molar-refractivity contribution in [2.75, 3.05) is 4.90 Å². The lowest BCUT2D eigenvalue weighted by Crippen LogP contribution is -2.11. The number of para-hydroxylation sites is 1. The molecule has 2 nitrogen and oxygen atoms in total. The summed E-state index contributed by atoms with van der Waals surface area (Å²) in [5, 5.41) is 4.65. The summed E-state index contributed by atoms with van der Waals surface area (Å²) in [5.74, 6) is 0. The lowest BCUT2D eigenvalue weighted by molar-refractivity contribution is 0.670. The van der Waals surface area contributed by atoms with Gasteiger partial charge in [0.15, 0.2) is 0 Å². The maximum Gasteiger partial charge on any atom is 0.145 e. The van der Waals surface area contributed by atoms with Crippen LogP contribution >= 0.6 is 11.3 Å². The quantitative estimate of drug-likeness (QED) is 0.162. The lowest BCUT2D eigenvalue weighted by atomic mass is 9.96. The minimum absolute atomic E-state index is 0.868. The van der Waals surface area contributed by atoms with Gasteiger partial charge in [0, 0.05) is 36.8 Å². The molecule has 11 aromatic rings. The van der Waals surface area contributed by atoms with Gasteiger partial charge in [0.05, 0.1) is 16.8 Å². The molecule has 2 heterocycles. The Bertz CT molecular complexity index is 3160. The fourth-order valence-corrected chi connectivity index (χ4v) is 9.55. The molecule has 0 aliphatic rings. The van der Waals surface area contributed by atoms with Crippen molar-refractivity contribution in [3.8, 4) is 44.5 Å². The molecular weight excluding hydrogens is 711 g/mol. The van der Waals surface area contributed by atoms with Crippen molar-refractivity contribution in [1.29, 1.82) is 0 Å². The van der Waals surface area contributed by atoms with Crippen LogP contribution in [0.5, 0.6) is 0 Å². The SMILES string of the molecule is c1ccc(-c2cc(-c3ccccc3)cc(N(c3cccc4sc5cc(-c6ccccc6)ccc5c34)c3ccc(-c4ccccc4)c4oc5ccccc5c34)c2)cc1. The second-order valence-electron chi connectivity index (χ2n) is 14.5. The summed E-state index contributed by atoms with van der Waals surface area (Å²) in [6, 6.07) is 76.4. The third-order valence-corrected chi connectivity index (χ3v) is 12.2. The third kappa shape index (κ3) is 5.80. The van der Waals surface area contributed by atoms with Crippen LogP contribution in [0, 0.1) is 0 Å². The van der Waals surface area contributed by atoms with Crippen LogP contribution in [-0.2, 0) is 0 Å². The number of benzene rings is 9. The number of thiophene rings is 1. The predicted octanol–water partition coefficient (Wildman–Crippen LogP) is 16.1. The summed E-state index contributed by atoms with van der Waals surface area (Å²) in [4.78, 5) is 2.48. The molecule has 57 heavy (non-hydrogen) atoms. The van der Waals surface area contributed by atoms with Crippen molar-refractivity contribution in [2.24, 2.45) is 0 Å². The van der Waals surface area contributed by atoms with Crippen molar-refractivity contribution in [2.45, 2.75) is 0 Å². The average molecular weight is 746 g/mol. The fourth-order valence-electron chi connectivity index (χ4n) is 8.39. The van der Waals surface area contributed by atoms with Gasteiger partial charge in [-0.1, -0.05) is 158 Å². The Morgan fingerprint density at radius 1 is 0.351 bits per heavy atom. The van der Waals surface area contributed by atoms with Crippen LogP contribution in [0.4, 0.5) is 17.1 Å². The molecule has 0 amide bonds. The number of hydrogen-bond acceptors (Lipinski definition) is 3. The van der Waals surface area contributed by atoms with Gasteiger partial charge < -0.3 is 9.32 Å². The number of rotatable bonds is 7. The lowest BCUT2D eigenvalue weighted by Gasteiger charge is -2.29. The topological polar surface area (TPSA) is 16.4 Å². The minimum atomic E-state index is 0.868. The van der Waals surface area contributed by atoms with Gasteiger partial charge >= 0.3 is 0 Å². The summed E-state index contributed by atoms with van der Waals surface area (Å²) < 4.78 is 9.37. The monoisotopic (exact) mass is 745 g/mol. The second-order valence-corrected chi connectivity index (χ2v) is 15.5. The zero-order valence-electron chi connectivity index (χ0n) is 31.0. The summed E-state index contributed by atoms with van der Waals surface area (Å²) in [7, 11) is 0. The molecule has 0 aliphatic heterocycles. The van der Waals surface area contributed by atoms with Gasteiger partial charge in [0.25, 0.3) is 0 Å². The third-order valence-electron chi connectivity index (χ3n) is 11.0. The Hall–Kier alpha value is -7.20. The molecule has 11 rings (SSSR count). The standard InChI is InChI=1S/C54H35NOS/c1-5-16-36(17-6-1)40-28-29-46-51(35-40)57-50-27-15-25-47(52(46)50)55(43-33-41(37-18-7-2-8-19-37)32-42(34-43)38-20-9-3-10-21-38)48-31-30-44(39-22-11-4-12-23-39)54-53(48)45-24-13-14-26-49(45)56-54/h1-35H. The zero-order chi connectivity index (χ0) is 37.7. The van der Waals surface area contributed by atoms with E-state index in [-0.39, 0.29) is 0 Å². The molecule has 0 atom stereocenters. The van der Waals surface area contributed by atoms with Gasteiger partial charge in [-0.15, -0.1) is 11.3 Å². The van der Waals surface area contributed by atoms with E-state index in [1.54, 1.807) is 0 Å². The Morgan fingerprint density at radius 2 is 0.930 bits per heavy atom. The maximum absolute atomic E-state index is 6.86. The van der Waals surface area contributed by atoms with E-state index in [1.165, 1.54) is 42.4 Å². The molecule has 0 spiro atoms. The Morgan fingerprint density at radius 3 is 1.60 bits per heavy atom. The maximum atomic E-state index is 6.86. The molecular formula is C54H35NOS. The van der Waals surface area contributed by atoms with Crippen molar-refractivity contribution < 1.29 is 4.42 Å². The summed E-state index contributed by atoms with van der Waals surface area (Å²) in [6.07, 6.45) is 0. The molecule has 9 aromatic carbocycles. The highest BCUT2D eigenvalue weighted by molar-refractivity contribution is 7.26. The fraction of sp³-hybridized carbons (Fsp3) is 0. The molecule has 0 N–H and O–H groups in total. The van der Waals surface area contributed by atoms with Crippen LogP contribution in [0.1, 0.15) is 0 Å². The highest BCUT2D eigenvalue weighted by atomic mass is 32.1. The van der Waals surface area contributed by atoms with E-state index in [0.29, 0.717) is 0 Å². The van der Waals surface area contributed by atoms with E-state index in [9.17, 15) is 0 Å². The molecule has 3 heteroatoms. The zero-order valence-corrected chi connectivity index (χ0v) is 31.8. The molecule has 268 valence electrons. The molecule has 2 aromatic heterocycles. The second kappa shape index (κ2) is 13.8. The van der Waals surface area contributed by atoms with Gasteiger partial charge in [-0.3, -0.25) is 0 Å². The molecule has 0 fully saturated rings. The van der Waals surface area contributed by atoms with Crippen LogP contribution < -0.4 is 4.90 Å². The number of anilines is 3. The van der Waals surface area contributed by atoms with Gasteiger partial charge in [0.1, 0.15) is 11.2 Å². The number of furan rings is 1. The molecule has 0 radical (unpaired) electrons. The van der Waals surface area contributed by atoms with Crippen LogP contribution in [0.25, 0.3) is 86.6 Å². The van der Waals surface area contributed by atoms with Crippen LogP contribution in [-0.4, -0.2) is 0 Å². The van der Waals surface area contributed by atoms with Crippen molar-refractivity contribution in [3.05, 3.63) is 212 Å². The highest BCUT2D eigenvalue weighted by Crippen LogP contribution is 2.51. The highest BCUT2D eigenvalue weighted by Gasteiger charge is 2.25. The number of hydrogen-bond donors (Lipinski definition) is 0.